The van der Waals surface area contributed by atoms with Crippen molar-refractivity contribution in [2.75, 3.05) is 13.6 Å². The van der Waals surface area contributed by atoms with Crippen molar-refractivity contribution < 1.29 is 4.79 Å². The van der Waals surface area contributed by atoms with Gasteiger partial charge >= 0.3 is 0 Å². The molecule has 1 aliphatic rings. The molecule has 1 aromatic carbocycles. The summed E-state index contributed by atoms with van der Waals surface area (Å²) in [7, 11) is 1.81. The number of hydrogen-bond donors (Lipinski definition) is 1. The summed E-state index contributed by atoms with van der Waals surface area (Å²) in [6, 6.07) is 8.21. The van der Waals surface area contributed by atoms with Gasteiger partial charge in [-0.25, -0.2) is 0 Å². The highest BCUT2D eigenvalue weighted by atomic mass is 16.1. The highest BCUT2D eigenvalue weighted by Crippen LogP contribution is 2.32. The molecule has 0 bridgehead atoms. The molecule has 1 aliphatic carbocycles. The predicted octanol–water partition coefficient (Wildman–Crippen LogP) is 3.14. The number of benzene rings is 1. The maximum atomic E-state index is 11.8. The lowest BCUT2D eigenvalue weighted by Crippen LogP contribution is -2.18. The van der Waals surface area contributed by atoms with Gasteiger partial charge in [0.15, 0.2) is 5.78 Å². The van der Waals surface area contributed by atoms with Crippen LogP contribution in [0.4, 0.5) is 0 Å². The molecule has 0 amide bonds. The fraction of sp³-hybridized carbons (Fsp3) is 0.533. The summed E-state index contributed by atoms with van der Waals surface area (Å²) in [6.07, 6.45) is 6.60. The molecule has 0 heterocycles. The molecule has 1 saturated carbocycles. The first kappa shape index (κ1) is 12.3. The average molecular weight is 231 g/mol. The summed E-state index contributed by atoms with van der Waals surface area (Å²) in [4.78, 5) is 11.8. The molecule has 1 aromatic rings. The van der Waals surface area contributed by atoms with Gasteiger partial charge in [0.1, 0.15) is 0 Å². The van der Waals surface area contributed by atoms with E-state index in [1.165, 1.54) is 37.7 Å². The van der Waals surface area contributed by atoms with Gasteiger partial charge in [-0.1, -0.05) is 37.5 Å². The van der Waals surface area contributed by atoms with Crippen molar-refractivity contribution >= 4 is 5.78 Å². The third-order valence-corrected chi connectivity index (χ3v) is 3.62. The van der Waals surface area contributed by atoms with E-state index >= 15 is 0 Å². The molecule has 0 aliphatic heterocycles. The van der Waals surface area contributed by atoms with Crippen LogP contribution >= 0.6 is 0 Å². The Hall–Kier alpha value is -1.15. The van der Waals surface area contributed by atoms with Crippen LogP contribution in [0.5, 0.6) is 0 Å². The van der Waals surface area contributed by atoms with E-state index in [1.807, 2.05) is 19.2 Å². The Kier molecular flexibility index (Phi) is 4.32. The quantitative estimate of drug-likeness (QED) is 0.807. The number of likely N-dealkylation sites (N-methyl/N-ethyl adjacent to an activating group) is 1. The average Bonchev–Trinajstić information content (AvgIpc) is 2.40. The highest BCUT2D eigenvalue weighted by Gasteiger charge is 2.16. The summed E-state index contributed by atoms with van der Waals surface area (Å²) in [5.41, 5.74) is 2.20. The molecule has 92 valence electrons. The van der Waals surface area contributed by atoms with E-state index in [0.29, 0.717) is 12.5 Å². The largest absolute Gasteiger partial charge is 0.313 e. The van der Waals surface area contributed by atoms with Gasteiger partial charge < -0.3 is 5.32 Å². The first-order valence-electron chi connectivity index (χ1n) is 6.59. The molecule has 1 fully saturated rings. The molecule has 0 spiro atoms. The number of carbonyl (C=O) groups excluding carboxylic acids is 1. The first-order valence-corrected chi connectivity index (χ1v) is 6.59. The van der Waals surface area contributed by atoms with E-state index in [1.54, 1.807) is 0 Å². The molecule has 0 radical (unpaired) electrons. The standard InChI is InChI=1S/C15H21NO/c1-16-11-15(17)14-9-5-8-13(10-14)12-6-3-2-4-7-12/h5,8-10,12,16H,2-4,6-7,11H2,1H3. The van der Waals surface area contributed by atoms with Crippen LogP contribution in [0.2, 0.25) is 0 Å². The molecule has 2 heteroatoms. The molecule has 2 rings (SSSR count). The minimum absolute atomic E-state index is 0.185. The van der Waals surface area contributed by atoms with Crippen molar-refractivity contribution in [1.82, 2.24) is 5.32 Å². The highest BCUT2D eigenvalue weighted by molar-refractivity contribution is 5.97. The Labute approximate surface area is 103 Å². The number of ketones is 1. The molecular weight excluding hydrogens is 210 g/mol. The summed E-state index contributed by atoms with van der Waals surface area (Å²) < 4.78 is 0. The molecule has 17 heavy (non-hydrogen) atoms. The van der Waals surface area contributed by atoms with Gasteiger partial charge in [0, 0.05) is 5.56 Å². The third-order valence-electron chi connectivity index (χ3n) is 3.62. The van der Waals surface area contributed by atoms with Crippen molar-refractivity contribution in [3.05, 3.63) is 35.4 Å². The third kappa shape index (κ3) is 3.16. The molecule has 0 saturated heterocycles. The maximum absolute atomic E-state index is 11.8. The number of carbonyl (C=O) groups is 1. The van der Waals surface area contributed by atoms with Gasteiger partial charge in [0.2, 0.25) is 0 Å². The Balaban J connectivity index is 2.12. The summed E-state index contributed by atoms with van der Waals surface area (Å²) in [6.45, 7) is 0.425. The summed E-state index contributed by atoms with van der Waals surface area (Å²) in [5.74, 6) is 0.858. The molecule has 0 aromatic heterocycles. The van der Waals surface area contributed by atoms with Crippen molar-refractivity contribution in [2.24, 2.45) is 0 Å². The lowest BCUT2D eigenvalue weighted by atomic mass is 9.83. The number of hydrogen-bond acceptors (Lipinski definition) is 2. The van der Waals surface area contributed by atoms with E-state index < -0.39 is 0 Å². The summed E-state index contributed by atoms with van der Waals surface area (Å²) >= 11 is 0. The molecule has 0 unspecified atom stereocenters. The van der Waals surface area contributed by atoms with Gasteiger partial charge in [-0.2, -0.15) is 0 Å². The monoisotopic (exact) mass is 231 g/mol. The second kappa shape index (κ2) is 5.97. The first-order chi connectivity index (χ1) is 8.31. The predicted molar refractivity (Wildman–Crippen MR) is 70.5 cm³/mol. The van der Waals surface area contributed by atoms with Crippen LogP contribution < -0.4 is 5.32 Å². The second-order valence-electron chi connectivity index (χ2n) is 4.91. The van der Waals surface area contributed by atoms with Crippen LogP contribution in [0.3, 0.4) is 0 Å². The smallest absolute Gasteiger partial charge is 0.176 e. The Bertz CT molecular complexity index is 380. The van der Waals surface area contributed by atoms with Crippen molar-refractivity contribution in [3.63, 3.8) is 0 Å². The topological polar surface area (TPSA) is 29.1 Å². The Morgan fingerprint density at radius 3 is 2.76 bits per heavy atom. The van der Waals surface area contributed by atoms with E-state index in [4.69, 9.17) is 0 Å². The number of nitrogens with one attached hydrogen (secondary N) is 1. The maximum Gasteiger partial charge on any atom is 0.176 e. The van der Waals surface area contributed by atoms with E-state index in [-0.39, 0.29) is 5.78 Å². The van der Waals surface area contributed by atoms with E-state index in [9.17, 15) is 4.79 Å². The van der Waals surface area contributed by atoms with Crippen molar-refractivity contribution in [1.29, 1.82) is 0 Å². The fourth-order valence-electron chi connectivity index (χ4n) is 2.66. The van der Waals surface area contributed by atoms with Gasteiger partial charge in [-0.3, -0.25) is 4.79 Å². The van der Waals surface area contributed by atoms with Crippen molar-refractivity contribution in [2.45, 2.75) is 38.0 Å². The zero-order chi connectivity index (χ0) is 12.1. The second-order valence-corrected chi connectivity index (χ2v) is 4.91. The molecule has 2 nitrogen and oxygen atoms in total. The van der Waals surface area contributed by atoms with Crippen LogP contribution in [0, 0.1) is 0 Å². The van der Waals surface area contributed by atoms with E-state index in [2.05, 4.69) is 17.4 Å². The van der Waals surface area contributed by atoms with E-state index in [0.717, 1.165) is 5.56 Å². The Morgan fingerprint density at radius 2 is 2.06 bits per heavy atom. The molecule has 0 atom stereocenters. The Morgan fingerprint density at radius 1 is 1.29 bits per heavy atom. The number of rotatable bonds is 4. The lowest BCUT2D eigenvalue weighted by Gasteiger charge is -2.22. The molecule has 1 N–H and O–H groups in total. The zero-order valence-electron chi connectivity index (χ0n) is 10.5. The zero-order valence-corrected chi connectivity index (χ0v) is 10.5. The van der Waals surface area contributed by atoms with Crippen LogP contribution in [0.1, 0.15) is 53.9 Å². The van der Waals surface area contributed by atoms with Gasteiger partial charge in [0.25, 0.3) is 0 Å². The molecular formula is C15H21NO. The minimum Gasteiger partial charge on any atom is -0.313 e. The normalized spacial score (nSPS) is 17.0. The summed E-state index contributed by atoms with van der Waals surface area (Å²) in [5, 5.41) is 2.92. The van der Waals surface area contributed by atoms with Crippen molar-refractivity contribution in [3.8, 4) is 0 Å². The fourth-order valence-corrected chi connectivity index (χ4v) is 2.66. The SMILES string of the molecule is CNCC(=O)c1cccc(C2CCCCC2)c1. The van der Waals surface area contributed by atoms with Gasteiger partial charge in [0.05, 0.1) is 6.54 Å². The van der Waals surface area contributed by atoms with Crippen LogP contribution in [0.25, 0.3) is 0 Å². The van der Waals surface area contributed by atoms with Crippen LogP contribution in [0.15, 0.2) is 24.3 Å². The lowest BCUT2D eigenvalue weighted by molar-refractivity contribution is 0.0993. The van der Waals surface area contributed by atoms with Gasteiger partial charge in [-0.15, -0.1) is 0 Å². The van der Waals surface area contributed by atoms with Crippen LogP contribution in [-0.2, 0) is 0 Å². The minimum atomic E-state index is 0.185. The van der Waals surface area contributed by atoms with Gasteiger partial charge in [-0.05, 0) is 37.4 Å². The number of Topliss-reactive ketones (excluding diaryl/α,β-unsaturated/α-hetero) is 1. The van der Waals surface area contributed by atoms with Crippen LogP contribution in [-0.4, -0.2) is 19.4 Å².